The normalized spacial score (nSPS) is 11.7. The summed E-state index contributed by atoms with van der Waals surface area (Å²) in [6, 6.07) is 6.15. The summed E-state index contributed by atoms with van der Waals surface area (Å²) in [5.74, 6) is 1.46. The Morgan fingerprint density at radius 2 is 1.86 bits per heavy atom. The molecule has 0 aliphatic rings. The van der Waals surface area contributed by atoms with E-state index >= 15 is 0 Å². The van der Waals surface area contributed by atoms with Gasteiger partial charge >= 0.3 is 0 Å². The number of ether oxygens (including phenoxy) is 2. The summed E-state index contributed by atoms with van der Waals surface area (Å²) in [5.41, 5.74) is 0.545. The molecule has 0 spiro atoms. The zero-order valence-electron chi connectivity index (χ0n) is 12.9. The van der Waals surface area contributed by atoms with Crippen molar-refractivity contribution in [3.05, 3.63) is 35.7 Å². The van der Waals surface area contributed by atoms with Crippen molar-refractivity contribution in [2.75, 3.05) is 21.3 Å². The molecule has 0 aliphatic carbocycles. The van der Waals surface area contributed by atoms with E-state index in [0.29, 0.717) is 23.0 Å². The highest BCUT2D eigenvalue weighted by Gasteiger charge is 2.23. The second-order valence-corrected chi connectivity index (χ2v) is 6.75. The molecule has 0 N–H and O–H groups in total. The number of sulfonamides is 1. The van der Waals surface area contributed by atoms with E-state index in [1.54, 1.807) is 19.1 Å². The summed E-state index contributed by atoms with van der Waals surface area (Å²) in [6.07, 6.45) is 0. The minimum absolute atomic E-state index is 0.118. The van der Waals surface area contributed by atoms with Crippen molar-refractivity contribution in [3.8, 4) is 11.5 Å². The fourth-order valence-electron chi connectivity index (χ4n) is 1.96. The first-order valence-corrected chi connectivity index (χ1v) is 7.93. The average Bonchev–Trinajstić information content (AvgIpc) is 2.91. The van der Waals surface area contributed by atoms with Gasteiger partial charge in [-0.25, -0.2) is 8.42 Å². The molecule has 0 bridgehead atoms. The number of hydrogen-bond acceptors (Lipinski definition) is 6. The van der Waals surface area contributed by atoms with Gasteiger partial charge in [-0.15, -0.1) is 0 Å². The van der Waals surface area contributed by atoms with Crippen LogP contribution in [-0.4, -0.2) is 39.1 Å². The lowest BCUT2D eigenvalue weighted by atomic mass is 10.3. The first-order chi connectivity index (χ1) is 10.4. The second-order valence-electron chi connectivity index (χ2n) is 4.71. The van der Waals surface area contributed by atoms with Crippen LogP contribution in [0.3, 0.4) is 0 Å². The molecule has 0 saturated heterocycles. The summed E-state index contributed by atoms with van der Waals surface area (Å²) in [5, 5.41) is 3.80. The van der Waals surface area contributed by atoms with Gasteiger partial charge in [-0.1, -0.05) is 5.16 Å². The van der Waals surface area contributed by atoms with E-state index in [1.807, 2.05) is 0 Å². The Bertz CT molecular complexity index is 754. The maximum atomic E-state index is 12.6. The maximum absolute atomic E-state index is 12.6. The minimum atomic E-state index is -3.67. The Labute approximate surface area is 129 Å². The summed E-state index contributed by atoms with van der Waals surface area (Å²) >= 11 is 0. The third-order valence-corrected chi connectivity index (χ3v) is 4.92. The Morgan fingerprint density at radius 1 is 1.18 bits per heavy atom. The highest BCUT2D eigenvalue weighted by atomic mass is 32.2. The highest BCUT2D eigenvalue weighted by Crippen LogP contribution is 2.30. The fourth-order valence-corrected chi connectivity index (χ4v) is 3.12. The number of hydrogen-bond donors (Lipinski definition) is 0. The molecule has 0 fully saturated rings. The van der Waals surface area contributed by atoms with Crippen LogP contribution in [0.4, 0.5) is 0 Å². The lowest BCUT2D eigenvalue weighted by molar-refractivity contribution is 0.353. The molecule has 0 atom stereocenters. The Kier molecular flexibility index (Phi) is 4.72. The Balaban J connectivity index is 2.29. The van der Waals surface area contributed by atoms with Gasteiger partial charge in [0.1, 0.15) is 5.76 Å². The number of aryl methyl sites for hydroxylation is 1. The summed E-state index contributed by atoms with van der Waals surface area (Å²) < 4.78 is 41.6. The van der Waals surface area contributed by atoms with Gasteiger partial charge in [0.25, 0.3) is 0 Å². The first-order valence-electron chi connectivity index (χ1n) is 6.49. The Hall–Kier alpha value is -2.06. The van der Waals surface area contributed by atoms with Crippen LogP contribution in [0.2, 0.25) is 0 Å². The topological polar surface area (TPSA) is 81.9 Å². The van der Waals surface area contributed by atoms with Crippen LogP contribution in [0.1, 0.15) is 11.5 Å². The van der Waals surface area contributed by atoms with E-state index < -0.39 is 10.0 Å². The van der Waals surface area contributed by atoms with Gasteiger partial charge in [-0.05, 0) is 19.1 Å². The van der Waals surface area contributed by atoms with Crippen molar-refractivity contribution in [2.24, 2.45) is 0 Å². The van der Waals surface area contributed by atoms with Crippen molar-refractivity contribution in [3.63, 3.8) is 0 Å². The van der Waals surface area contributed by atoms with E-state index in [1.165, 1.54) is 37.7 Å². The standard InChI is InChI=1S/C14H18N2O5S/c1-10-7-11(15-21-10)9-16(2)22(17,18)12-5-6-13(19-3)14(8-12)20-4/h5-8H,9H2,1-4H3. The third kappa shape index (κ3) is 3.23. The molecule has 8 heteroatoms. The molecule has 0 unspecified atom stereocenters. The monoisotopic (exact) mass is 326 g/mol. The lowest BCUT2D eigenvalue weighted by Crippen LogP contribution is -2.26. The van der Waals surface area contributed by atoms with Crippen molar-refractivity contribution >= 4 is 10.0 Å². The molecule has 0 saturated carbocycles. The predicted octanol–water partition coefficient (Wildman–Crippen LogP) is 1.82. The maximum Gasteiger partial charge on any atom is 0.243 e. The summed E-state index contributed by atoms with van der Waals surface area (Å²) in [7, 11) is 0.758. The van der Waals surface area contributed by atoms with Gasteiger partial charge < -0.3 is 14.0 Å². The molecule has 1 aromatic carbocycles. The van der Waals surface area contributed by atoms with E-state index in [0.717, 1.165) is 0 Å². The molecule has 2 aromatic rings. The fraction of sp³-hybridized carbons (Fsp3) is 0.357. The molecular weight excluding hydrogens is 308 g/mol. The van der Waals surface area contributed by atoms with Gasteiger partial charge in [-0.3, -0.25) is 0 Å². The molecule has 0 amide bonds. The van der Waals surface area contributed by atoms with Crippen LogP contribution >= 0.6 is 0 Å². The van der Waals surface area contributed by atoms with Gasteiger partial charge in [-0.2, -0.15) is 4.31 Å². The number of methoxy groups -OCH3 is 2. The van der Waals surface area contributed by atoms with Gasteiger partial charge in [0.15, 0.2) is 11.5 Å². The first kappa shape index (κ1) is 16.3. The number of aromatic nitrogens is 1. The smallest absolute Gasteiger partial charge is 0.243 e. The van der Waals surface area contributed by atoms with Crippen molar-refractivity contribution in [1.29, 1.82) is 0 Å². The van der Waals surface area contributed by atoms with Crippen molar-refractivity contribution in [1.82, 2.24) is 9.46 Å². The number of benzene rings is 1. The highest BCUT2D eigenvalue weighted by molar-refractivity contribution is 7.89. The largest absolute Gasteiger partial charge is 0.493 e. The van der Waals surface area contributed by atoms with Gasteiger partial charge in [0, 0.05) is 19.2 Å². The molecule has 120 valence electrons. The lowest BCUT2D eigenvalue weighted by Gasteiger charge is -2.17. The van der Waals surface area contributed by atoms with Crippen LogP contribution in [0.25, 0.3) is 0 Å². The SMILES string of the molecule is COc1ccc(S(=O)(=O)N(C)Cc2cc(C)on2)cc1OC. The molecule has 1 aromatic heterocycles. The predicted molar refractivity (Wildman–Crippen MR) is 79.4 cm³/mol. The van der Waals surface area contributed by atoms with E-state index in [2.05, 4.69) is 5.16 Å². The quantitative estimate of drug-likeness (QED) is 0.805. The van der Waals surface area contributed by atoms with Crippen molar-refractivity contribution in [2.45, 2.75) is 18.4 Å². The van der Waals surface area contributed by atoms with Crippen LogP contribution in [0.15, 0.2) is 33.7 Å². The van der Waals surface area contributed by atoms with E-state index in [9.17, 15) is 8.42 Å². The number of rotatable bonds is 6. The minimum Gasteiger partial charge on any atom is -0.493 e. The third-order valence-electron chi connectivity index (χ3n) is 3.12. The zero-order chi connectivity index (χ0) is 16.3. The molecule has 7 nitrogen and oxygen atoms in total. The van der Waals surface area contributed by atoms with Crippen LogP contribution in [0, 0.1) is 6.92 Å². The molecular formula is C14H18N2O5S. The molecule has 0 radical (unpaired) electrons. The molecule has 22 heavy (non-hydrogen) atoms. The zero-order valence-corrected chi connectivity index (χ0v) is 13.7. The molecule has 0 aliphatic heterocycles. The molecule has 1 heterocycles. The summed E-state index contributed by atoms with van der Waals surface area (Å²) in [6.45, 7) is 1.87. The van der Waals surface area contributed by atoms with Crippen LogP contribution in [-0.2, 0) is 16.6 Å². The number of nitrogens with zero attached hydrogens (tertiary/aromatic N) is 2. The average molecular weight is 326 g/mol. The van der Waals surface area contributed by atoms with Crippen LogP contribution < -0.4 is 9.47 Å². The second kappa shape index (κ2) is 6.37. The molecule has 2 rings (SSSR count). The Morgan fingerprint density at radius 3 is 2.41 bits per heavy atom. The van der Waals surface area contributed by atoms with Crippen molar-refractivity contribution < 1.29 is 22.4 Å². The van der Waals surface area contributed by atoms with Gasteiger partial charge in [0.05, 0.1) is 31.4 Å². The van der Waals surface area contributed by atoms with Gasteiger partial charge in [0.2, 0.25) is 10.0 Å². The van der Waals surface area contributed by atoms with Crippen LogP contribution in [0.5, 0.6) is 11.5 Å². The van der Waals surface area contributed by atoms with E-state index in [4.69, 9.17) is 14.0 Å². The van der Waals surface area contributed by atoms with E-state index in [-0.39, 0.29) is 11.4 Å². The summed E-state index contributed by atoms with van der Waals surface area (Å²) in [4.78, 5) is 0.118.